The zero-order valence-corrected chi connectivity index (χ0v) is 9.34. The summed E-state index contributed by atoms with van der Waals surface area (Å²) in [6, 6.07) is 0. The maximum atomic E-state index is 10.7. The van der Waals surface area contributed by atoms with Crippen LogP contribution in [-0.4, -0.2) is 17.0 Å². The van der Waals surface area contributed by atoms with Gasteiger partial charge in [0.25, 0.3) is 0 Å². The zero-order chi connectivity index (χ0) is 10.6. The molecule has 2 aliphatic carbocycles. The first kappa shape index (κ1) is 10.2. The van der Waals surface area contributed by atoms with Gasteiger partial charge < -0.3 is 9.90 Å². The Labute approximate surface area is 85.7 Å². The summed E-state index contributed by atoms with van der Waals surface area (Å²) in [6.07, 6.45) is 4.56. The summed E-state index contributed by atoms with van der Waals surface area (Å²) >= 11 is 0. The number of aliphatic hydroxyl groups is 1. The molecule has 2 aliphatic rings. The lowest BCUT2D eigenvalue weighted by molar-refractivity contribution is -0.152. The molecule has 0 aromatic heterocycles. The van der Waals surface area contributed by atoms with Gasteiger partial charge in [-0.25, -0.2) is 0 Å². The van der Waals surface area contributed by atoms with Gasteiger partial charge in [0.05, 0.1) is 5.60 Å². The van der Waals surface area contributed by atoms with Gasteiger partial charge in [-0.1, -0.05) is 20.8 Å². The average Bonchev–Trinajstić information content (AvgIpc) is 2.53. The normalized spacial score (nSPS) is 49.6. The molecule has 0 aromatic carbocycles. The van der Waals surface area contributed by atoms with Crippen LogP contribution in [0.1, 0.15) is 46.5 Å². The molecule has 0 heterocycles. The van der Waals surface area contributed by atoms with Crippen molar-refractivity contribution in [2.75, 3.05) is 0 Å². The molecule has 2 nitrogen and oxygen atoms in total. The third-order valence-corrected chi connectivity index (χ3v) is 5.21. The summed E-state index contributed by atoms with van der Waals surface area (Å²) in [7, 11) is 0. The molecule has 2 fully saturated rings. The van der Waals surface area contributed by atoms with Crippen LogP contribution in [0.2, 0.25) is 0 Å². The van der Waals surface area contributed by atoms with Gasteiger partial charge >= 0.3 is 0 Å². The highest BCUT2D eigenvalue weighted by Crippen LogP contribution is 2.68. The highest BCUT2D eigenvalue weighted by molar-refractivity contribution is 5.53. The fourth-order valence-electron chi connectivity index (χ4n) is 3.98. The van der Waals surface area contributed by atoms with E-state index in [1.165, 1.54) is 6.42 Å². The zero-order valence-electron chi connectivity index (χ0n) is 9.34. The quantitative estimate of drug-likeness (QED) is 0.687. The van der Waals surface area contributed by atoms with E-state index in [1.807, 2.05) is 0 Å². The first-order valence-electron chi connectivity index (χ1n) is 5.53. The lowest BCUT2D eigenvalue weighted by Crippen LogP contribution is -2.54. The van der Waals surface area contributed by atoms with Crippen molar-refractivity contribution in [1.29, 1.82) is 0 Å². The monoisotopic (exact) mass is 196 g/mol. The number of carbonyl (C=O) groups is 1. The largest absolute Gasteiger partial charge is 0.388 e. The molecule has 0 amide bonds. The third kappa shape index (κ3) is 0.881. The van der Waals surface area contributed by atoms with Crippen LogP contribution in [0.15, 0.2) is 0 Å². The molecule has 0 aromatic rings. The van der Waals surface area contributed by atoms with Crippen LogP contribution >= 0.6 is 0 Å². The van der Waals surface area contributed by atoms with E-state index in [9.17, 15) is 9.90 Å². The minimum atomic E-state index is -0.773. The predicted molar refractivity (Wildman–Crippen MR) is 54.9 cm³/mol. The van der Waals surface area contributed by atoms with Crippen LogP contribution in [-0.2, 0) is 4.79 Å². The first-order chi connectivity index (χ1) is 6.37. The second-order valence-electron chi connectivity index (χ2n) is 5.95. The fourth-order valence-corrected chi connectivity index (χ4v) is 3.98. The SMILES string of the molecule is CC12CCC(C1)C(C)(C)C2(O)CC=O. The van der Waals surface area contributed by atoms with E-state index < -0.39 is 5.60 Å². The van der Waals surface area contributed by atoms with E-state index in [0.717, 1.165) is 19.1 Å². The van der Waals surface area contributed by atoms with Gasteiger partial charge in [0.2, 0.25) is 0 Å². The standard InChI is InChI=1S/C12H20O2/c1-10(2)9-4-5-11(3,8-9)12(10,14)6-7-13/h7,9,14H,4-6,8H2,1-3H3. The lowest BCUT2D eigenvalue weighted by atomic mass is 9.59. The Kier molecular flexibility index (Phi) is 1.89. The van der Waals surface area contributed by atoms with E-state index in [-0.39, 0.29) is 10.8 Å². The van der Waals surface area contributed by atoms with Gasteiger partial charge in [-0.3, -0.25) is 0 Å². The van der Waals surface area contributed by atoms with Gasteiger partial charge in [-0.2, -0.15) is 0 Å². The molecule has 2 bridgehead atoms. The maximum absolute atomic E-state index is 10.7. The minimum absolute atomic E-state index is 0.0257. The van der Waals surface area contributed by atoms with Gasteiger partial charge in [-0.05, 0) is 36.0 Å². The number of hydrogen-bond donors (Lipinski definition) is 1. The fraction of sp³-hybridized carbons (Fsp3) is 0.917. The van der Waals surface area contributed by atoms with Gasteiger partial charge in [-0.15, -0.1) is 0 Å². The molecule has 0 saturated heterocycles. The van der Waals surface area contributed by atoms with Crippen LogP contribution in [0.25, 0.3) is 0 Å². The van der Waals surface area contributed by atoms with Crippen molar-refractivity contribution in [1.82, 2.24) is 0 Å². The predicted octanol–water partition coefficient (Wildman–Crippen LogP) is 2.15. The summed E-state index contributed by atoms with van der Waals surface area (Å²) in [5, 5.41) is 10.7. The number of carbonyl (C=O) groups excluding carboxylic acids is 1. The molecule has 3 atom stereocenters. The minimum Gasteiger partial charge on any atom is -0.388 e. The Balaban J connectivity index is 2.43. The average molecular weight is 196 g/mol. The summed E-state index contributed by atoms with van der Waals surface area (Å²) in [4.78, 5) is 10.7. The van der Waals surface area contributed by atoms with Gasteiger partial charge in [0.15, 0.2) is 0 Å². The van der Waals surface area contributed by atoms with E-state index in [1.54, 1.807) is 0 Å². The van der Waals surface area contributed by atoms with Crippen LogP contribution in [0, 0.1) is 16.7 Å². The summed E-state index contributed by atoms with van der Waals surface area (Å²) in [5.74, 6) is 0.595. The van der Waals surface area contributed by atoms with E-state index in [4.69, 9.17) is 0 Å². The molecule has 1 N–H and O–H groups in total. The van der Waals surface area contributed by atoms with Gasteiger partial charge in [0.1, 0.15) is 6.29 Å². The third-order valence-electron chi connectivity index (χ3n) is 5.21. The Hall–Kier alpha value is -0.370. The van der Waals surface area contributed by atoms with Crippen LogP contribution < -0.4 is 0 Å². The summed E-state index contributed by atoms with van der Waals surface area (Å²) in [5.41, 5.74) is -0.895. The maximum Gasteiger partial charge on any atom is 0.122 e. The second kappa shape index (κ2) is 2.60. The number of fused-ring (bicyclic) bond motifs is 2. The van der Waals surface area contributed by atoms with Crippen LogP contribution in [0.3, 0.4) is 0 Å². The molecular formula is C12H20O2. The Morgan fingerprint density at radius 3 is 2.50 bits per heavy atom. The molecular weight excluding hydrogens is 176 g/mol. The van der Waals surface area contributed by atoms with Crippen molar-refractivity contribution in [3.05, 3.63) is 0 Å². The smallest absolute Gasteiger partial charge is 0.122 e. The molecule has 14 heavy (non-hydrogen) atoms. The van der Waals surface area contributed by atoms with Crippen LogP contribution in [0.5, 0.6) is 0 Å². The van der Waals surface area contributed by atoms with Crippen molar-refractivity contribution < 1.29 is 9.90 Å². The summed E-state index contributed by atoms with van der Waals surface area (Å²) < 4.78 is 0. The molecule has 2 heteroatoms. The van der Waals surface area contributed by atoms with Crippen molar-refractivity contribution in [2.45, 2.75) is 52.1 Å². The van der Waals surface area contributed by atoms with E-state index in [2.05, 4.69) is 20.8 Å². The van der Waals surface area contributed by atoms with Crippen molar-refractivity contribution in [3.63, 3.8) is 0 Å². The molecule has 3 unspecified atom stereocenters. The van der Waals surface area contributed by atoms with Crippen molar-refractivity contribution in [2.24, 2.45) is 16.7 Å². The van der Waals surface area contributed by atoms with E-state index in [0.29, 0.717) is 12.3 Å². The number of hydrogen-bond acceptors (Lipinski definition) is 2. The molecule has 0 radical (unpaired) electrons. The highest BCUT2D eigenvalue weighted by atomic mass is 16.3. The molecule has 80 valence electrons. The van der Waals surface area contributed by atoms with Crippen molar-refractivity contribution in [3.8, 4) is 0 Å². The Morgan fingerprint density at radius 2 is 2.07 bits per heavy atom. The van der Waals surface area contributed by atoms with Gasteiger partial charge in [0, 0.05) is 6.42 Å². The highest BCUT2D eigenvalue weighted by Gasteiger charge is 2.67. The van der Waals surface area contributed by atoms with Crippen molar-refractivity contribution >= 4 is 6.29 Å². The Bertz CT molecular complexity index is 265. The molecule has 2 rings (SSSR count). The summed E-state index contributed by atoms with van der Waals surface area (Å²) in [6.45, 7) is 6.38. The second-order valence-corrected chi connectivity index (χ2v) is 5.95. The topological polar surface area (TPSA) is 37.3 Å². The number of rotatable bonds is 2. The molecule has 0 aliphatic heterocycles. The van der Waals surface area contributed by atoms with E-state index >= 15 is 0 Å². The Morgan fingerprint density at radius 1 is 1.43 bits per heavy atom. The first-order valence-corrected chi connectivity index (χ1v) is 5.53. The molecule has 0 spiro atoms. The number of aldehydes is 1. The van der Waals surface area contributed by atoms with Crippen LogP contribution in [0.4, 0.5) is 0 Å². The lowest BCUT2D eigenvalue weighted by Gasteiger charge is -2.50. The molecule has 2 saturated carbocycles.